The number of fused-ring (bicyclic) bond motifs is 2. The van der Waals surface area contributed by atoms with E-state index in [-0.39, 0.29) is 5.65 Å². The molecular formula is C22H19F3N6S. The number of rotatable bonds is 3. The topological polar surface area (TPSA) is 70.6 Å². The molecule has 0 aromatic carbocycles. The van der Waals surface area contributed by atoms with E-state index in [1.54, 1.807) is 12.3 Å². The number of hydrogen-bond acceptors (Lipinski definition) is 6. The van der Waals surface area contributed by atoms with Crippen LogP contribution in [0, 0.1) is 0 Å². The van der Waals surface area contributed by atoms with E-state index in [0.717, 1.165) is 60.2 Å². The molecule has 0 unspecified atom stereocenters. The Bertz CT molecular complexity index is 1320. The number of hydrogen-bond donors (Lipinski definition) is 1. The van der Waals surface area contributed by atoms with Gasteiger partial charge in [-0.3, -0.25) is 4.98 Å². The van der Waals surface area contributed by atoms with Crippen molar-refractivity contribution < 1.29 is 13.2 Å². The number of halogens is 3. The second-order valence-corrected chi connectivity index (χ2v) is 9.39. The molecule has 0 spiro atoms. The van der Waals surface area contributed by atoms with E-state index in [0.29, 0.717) is 22.7 Å². The van der Waals surface area contributed by atoms with Crippen molar-refractivity contribution in [1.82, 2.24) is 24.9 Å². The maximum Gasteiger partial charge on any atom is 0.431 e. The van der Waals surface area contributed by atoms with E-state index < -0.39 is 11.9 Å². The van der Waals surface area contributed by atoms with Crippen LogP contribution in [0.3, 0.4) is 0 Å². The number of alkyl halides is 3. The zero-order valence-electron chi connectivity index (χ0n) is 17.0. The number of aromatic nitrogens is 5. The van der Waals surface area contributed by atoms with Crippen molar-refractivity contribution in [2.45, 2.75) is 24.9 Å². The molecule has 2 fully saturated rings. The van der Waals surface area contributed by atoms with Gasteiger partial charge in [0.25, 0.3) is 0 Å². The molecule has 10 heteroatoms. The fraction of sp³-hybridized carbons (Fsp3) is 0.364. The van der Waals surface area contributed by atoms with E-state index >= 15 is 0 Å². The van der Waals surface area contributed by atoms with Gasteiger partial charge >= 0.3 is 6.18 Å². The minimum absolute atomic E-state index is 0.166. The fourth-order valence-electron chi connectivity index (χ4n) is 4.29. The summed E-state index contributed by atoms with van der Waals surface area (Å²) in [4.78, 5) is 22.9. The van der Waals surface area contributed by atoms with Gasteiger partial charge in [-0.05, 0) is 36.5 Å². The summed E-state index contributed by atoms with van der Waals surface area (Å²) < 4.78 is 39.9. The number of H-pyrrole nitrogens is 1. The lowest BCUT2D eigenvalue weighted by Gasteiger charge is -2.29. The van der Waals surface area contributed by atoms with Crippen molar-refractivity contribution in [2.75, 3.05) is 29.5 Å². The van der Waals surface area contributed by atoms with Crippen LogP contribution in [0.5, 0.6) is 0 Å². The molecule has 0 atom stereocenters. The molecule has 0 radical (unpaired) electrons. The molecule has 1 aliphatic carbocycles. The third-order valence-corrected chi connectivity index (χ3v) is 6.97. The van der Waals surface area contributed by atoms with Crippen LogP contribution >= 0.6 is 11.8 Å². The summed E-state index contributed by atoms with van der Waals surface area (Å²) in [5.41, 5.74) is 1.75. The minimum Gasteiger partial charge on any atom is -0.354 e. The van der Waals surface area contributed by atoms with Crippen LogP contribution in [0.2, 0.25) is 0 Å². The Morgan fingerprint density at radius 1 is 1.09 bits per heavy atom. The van der Waals surface area contributed by atoms with Crippen LogP contribution in [-0.2, 0) is 6.18 Å². The van der Waals surface area contributed by atoms with Gasteiger partial charge in [0.2, 0.25) is 0 Å². The van der Waals surface area contributed by atoms with Crippen LogP contribution < -0.4 is 4.90 Å². The van der Waals surface area contributed by atoms with E-state index in [2.05, 4.69) is 19.9 Å². The molecule has 1 aliphatic heterocycles. The lowest BCUT2D eigenvalue weighted by atomic mass is 10.1. The Morgan fingerprint density at radius 3 is 2.66 bits per heavy atom. The molecule has 4 aromatic rings. The maximum absolute atomic E-state index is 13.3. The van der Waals surface area contributed by atoms with Gasteiger partial charge in [0.1, 0.15) is 17.2 Å². The molecule has 6 rings (SSSR count). The first-order chi connectivity index (χ1) is 15.5. The number of nitrogens with zero attached hydrogens (tertiary/aromatic N) is 5. The van der Waals surface area contributed by atoms with E-state index in [1.807, 2.05) is 18.0 Å². The van der Waals surface area contributed by atoms with Crippen LogP contribution in [0.1, 0.15) is 30.0 Å². The number of thioether (sulfide) groups is 1. The van der Waals surface area contributed by atoms with Crippen LogP contribution in [-0.4, -0.2) is 49.5 Å². The summed E-state index contributed by atoms with van der Waals surface area (Å²) in [5.74, 6) is 3.74. The van der Waals surface area contributed by atoms with Crippen molar-refractivity contribution in [3.63, 3.8) is 0 Å². The smallest absolute Gasteiger partial charge is 0.354 e. The highest BCUT2D eigenvalue weighted by molar-refractivity contribution is 7.99. The first kappa shape index (κ1) is 19.8. The van der Waals surface area contributed by atoms with Gasteiger partial charge in [0.05, 0.1) is 11.7 Å². The van der Waals surface area contributed by atoms with Crippen molar-refractivity contribution in [1.29, 1.82) is 0 Å². The van der Waals surface area contributed by atoms with Crippen LogP contribution in [0.15, 0.2) is 30.7 Å². The first-order valence-electron chi connectivity index (χ1n) is 10.5. The lowest BCUT2D eigenvalue weighted by molar-refractivity contribution is -0.140. The monoisotopic (exact) mass is 456 g/mol. The summed E-state index contributed by atoms with van der Waals surface area (Å²) in [7, 11) is 0. The van der Waals surface area contributed by atoms with Crippen LogP contribution in [0.25, 0.3) is 33.3 Å². The first-order valence-corrected chi connectivity index (χ1v) is 11.7. The number of nitrogens with one attached hydrogen (secondary N) is 1. The summed E-state index contributed by atoms with van der Waals surface area (Å²) in [6.45, 7) is 1.74. The highest BCUT2D eigenvalue weighted by Crippen LogP contribution is 2.45. The normalized spacial score (nSPS) is 17.4. The summed E-state index contributed by atoms with van der Waals surface area (Å²) in [6, 6.07) is 2.76. The predicted molar refractivity (Wildman–Crippen MR) is 119 cm³/mol. The number of anilines is 1. The van der Waals surface area contributed by atoms with Crippen molar-refractivity contribution in [3.05, 3.63) is 42.0 Å². The van der Waals surface area contributed by atoms with E-state index in [9.17, 15) is 13.2 Å². The molecule has 6 nitrogen and oxygen atoms in total. The van der Waals surface area contributed by atoms with Gasteiger partial charge in [-0.25, -0.2) is 15.0 Å². The molecule has 4 aromatic heterocycles. The summed E-state index contributed by atoms with van der Waals surface area (Å²) >= 11 is 1.91. The highest BCUT2D eigenvalue weighted by atomic mass is 32.2. The van der Waals surface area contributed by atoms with Gasteiger partial charge in [0, 0.05) is 53.3 Å². The van der Waals surface area contributed by atoms with Gasteiger partial charge in [-0.1, -0.05) is 0 Å². The standard InChI is InChI=1S/C22H19F3N6S/c23-22(24,25)17-9-14-13(3-4-27-19(14)29-17)20-28-16-11-26-10-15(12-1-2-12)18(16)21(30-20)31-5-7-32-8-6-31/h3-4,9-12H,1-2,5-8H2,(H,27,29). The van der Waals surface area contributed by atoms with Gasteiger partial charge < -0.3 is 9.88 Å². The predicted octanol–water partition coefficient (Wildman–Crippen LogP) is 5.02. The molecule has 1 saturated carbocycles. The Morgan fingerprint density at radius 2 is 1.91 bits per heavy atom. The second-order valence-electron chi connectivity index (χ2n) is 8.17. The molecule has 0 amide bonds. The minimum atomic E-state index is -4.48. The Hall–Kier alpha value is -2.88. The lowest BCUT2D eigenvalue weighted by Crippen LogP contribution is -2.33. The maximum atomic E-state index is 13.3. The van der Waals surface area contributed by atoms with Gasteiger partial charge in [-0.15, -0.1) is 0 Å². The zero-order chi connectivity index (χ0) is 21.9. The molecule has 1 N–H and O–H groups in total. The van der Waals surface area contributed by atoms with Gasteiger partial charge in [0.15, 0.2) is 5.82 Å². The molecule has 164 valence electrons. The van der Waals surface area contributed by atoms with Gasteiger partial charge in [-0.2, -0.15) is 24.9 Å². The molecule has 5 heterocycles. The Labute approximate surface area is 185 Å². The SMILES string of the molecule is FC(F)(F)c1cc2c(-c3nc(N4CCSCC4)c4c(C5CC5)cncc4n3)ccnc2[nH]1. The zero-order valence-corrected chi connectivity index (χ0v) is 17.8. The summed E-state index contributed by atoms with van der Waals surface area (Å²) in [6.07, 6.45) is 2.90. The highest BCUT2D eigenvalue weighted by Gasteiger charge is 2.34. The van der Waals surface area contributed by atoms with Crippen molar-refractivity contribution in [2.24, 2.45) is 0 Å². The Balaban J connectivity index is 1.58. The largest absolute Gasteiger partial charge is 0.431 e. The molecule has 1 saturated heterocycles. The molecule has 2 aliphatic rings. The molecular weight excluding hydrogens is 437 g/mol. The molecule has 32 heavy (non-hydrogen) atoms. The average molecular weight is 456 g/mol. The third-order valence-electron chi connectivity index (χ3n) is 6.02. The fourth-order valence-corrected chi connectivity index (χ4v) is 5.19. The van der Waals surface area contributed by atoms with Crippen LogP contribution in [0.4, 0.5) is 19.0 Å². The Kier molecular flexibility index (Phi) is 4.53. The number of aromatic amines is 1. The third kappa shape index (κ3) is 3.37. The van der Waals surface area contributed by atoms with Crippen molar-refractivity contribution >= 4 is 39.5 Å². The van der Waals surface area contributed by atoms with E-state index in [1.165, 1.54) is 11.8 Å². The van der Waals surface area contributed by atoms with Crippen molar-refractivity contribution in [3.8, 4) is 11.4 Å². The van der Waals surface area contributed by atoms with E-state index in [4.69, 9.17) is 9.97 Å². The average Bonchev–Trinajstić information content (AvgIpc) is 3.54. The quantitative estimate of drug-likeness (QED) is 0.467. The number of pyridine rings is 2. The second kappa shape index (κ2) is 7.33. The molecule has 0 bridgehead atoms. The summed E-state index contributed by atoms with van der Waals surface area (Å²) in [5, 5.41) is 1.37.